The van der Waals surface area contributed by atoms with E-state index in [0.29, 0.717) is 19.0 Å². The van der Waals surface area contributed by atoms with Gasteiger partial charge >= 0.3 is 0 Å². The van der Waals surface area contributed by atoms with E-state index < -0.39 is 10.0 Å². The third-order valence-electron chi connectivity index (χ3n) is 5.45. The van der Waals surface area contributed by atoms with Crippen molar-refractivity contribution in [2.45, 2.75) is 30.3 Å². The number of methoxy groups -OCH3 is 1. The van der Waals surface area contributed by atoms with Crippen LogP contribution in [0.15, 0.2) is 58.4 Å². The van der Waals surface area contributed by atoms with Crippen LogP contribution in [0.2, 0.25) is 0 Å². The normalized spacial score (nSPS) is 16.2. The first-order valence-corrected chi connectivity index (χ1v) is 11.9. The molecule has 0 aliphatic carbocycles. The van der Waals surface area contributed by atoms with Gasteiger partial charge in [0.15, 0.2) is 5.96 Å². The molecule has 0 saturated carbocycles. The SMILES string of the molecule is CN=C(NCc1cccc(S(N)(=O)=O)c1)NCC(c1ccccc1OC)N1CCCC1. The number of ether oxygens (including phenoxy) is 1. The first kappa shape index (κ1) is 23.1. The molecule has 3 rings (SSSR count). The Labute approximate surface area is 184 Å². The van der Waals surface area contributed by atoms with E-state index in [2.05, 4.69) is 26.6 Å². The lowest BCUT2D eigenvalue weighted by Gasteiger charge is -2.30. The highest BCUT2D eigenvalue weighted by Crippen LogP contribution is 2.31. The zero-order chi connectivity index (χ0) is 22.3. The number of para-hydroxylation sites is 1. The van der Waals surface area contributed by atoms with Crippen LogP contribution in [0.3, 0.4) is 0 Å². The molecule has 0 radical (unpaired) electrons. The fourth-order valence-corrected chi connectivity index (χ4v) is 4.45. The minimum Gasteiger partial charge on any atom is -0.496 e. The monoisotopic (exact) mass is 445 g/mol. The lowest BCUT2D eigenvalue weighted by atomic mass is 10.0. The molecular weight excluding hydrogens is 414 g/mol. The maximum Gasteiger partial charge on any atom is 0.238 e. The van der Waals surface area contributed by atoms with Crippen molar-refractivity contribution in [2.24, 2.45) is 10.1 Å². The van der Waals surface area contributed by atoms with Gasteiger partial charge in [-0.15, -0.1) is 0 Å². The molecule has 1 fully saturated rings. The van der Waals surface area contributed by atoms with Gasteiger partial charge in [-0.05, 0) is 49.7 Å². The molecule has 1 aliphatic rings. The van der Waals surface area contributed by atoms with Gasteiger partial charge in [-0.1, -0.05) is 30.3 Å². The second-order valence-corrected chi connectivity index (χ2v) is 9.06. The Morgan fingerprint density at radius 1 is 1.16 bits per heavy atom. The first-order chi connectivity index (χ1) is 14.9. The highest BCUT2D eigenvalue weighted by atomic mass is 32.2. The maximum absolute atomic E-state index is 11.6. The van der Waals surface area contributed by atoms with Crippen LogP contribution in [0.1, 0.15) is 30.0 Å². The van der Waals surface area contributed by atoms with E-state index in [4.69, 9.17) is 9.88 Å². The van der Waals surface area contributed by atoms with Crippen LogP contribution in [0.5, 0.6) is 5.75 Å². The lowest BCUT2D eigenvalue weighted by Crippen LogP contribution is -2.42. The smallest absolute Gasteiger partial charge is 0.238 e. The van der Waals surface area contributed by atoms with E-state index >= 15 is 0 Å². The molecule has 4 N–H and O–H groups in total. The second-order valence-electron chi connectivity index (χ2n) is 7.50. The van der Waals surface area contributed by atoms with Gasteiger partial charge < -0.3 is 15.4 Å². The number of hydrogen-bond donors (Lipinski definition) is 3. The van der Waals surface area contributed by atoms with Gasteiger partial charge in [0.25, 0.3) is 0 Å². The number of guanidine groups is 1. The number of rotatable bonds is 8. The van der Waals surface area contributed by atoms with Gasteiger partial charge in [-0.25, -0.2) is 13.6 Å². The van der Waals surface area contributed by atoms with Crippen molar-refractivity contribution in [3.63, 3.8) is 0 Å². The molecule has 0 bridgehead atoms. The van der Waals surface area contributed by atoms with Crippen LogP contribution in [0, 0.1) is 0 Å². The van der Waals surface area contributed by atoms with Crippen molar-refractivity contribution < 1.29 is 13.2 Å². The zero-order valence-corrected chi connectivity index (χ0v) is 18.9. The molecular formula is C22H31N5O3S. The summed E-state index contributed by atoms with van der Waals surface area (Å²) in [5.74, 6) is 1.52. The summed E-state index contributed by atoms with van der Waals surface area (Å²) in [6, 6.07) is 14.8. The van der Waals surface area contributed by atoms with Crippen LogP contribution < -0.4 is 20.5 Å². The number of nitrogens with zero attached hydrogens (tertiary/aromatic N) is 2. The number of nitrogens with one attached hydrogen (secondary N) is 2. The Hall–Kier alpha value is -2.62. The number of primary sulfonamides is 1. The summed E-state index contributed by atoms with van der Waals surface area (Å²) in [5.41, 5.74) is 1.95. The number of sulfonamides is 1. The van der Waals surface area contributed by atoms with Crippen LogP contribution >= 0.6 is 0 Å². The predicted molar refractivity (Wildman–Crippen MR) is 123 cm³/mol. The standard InChI is InChI=1S/C22H31N5O3S/c1-24-22(25-15-17-8-7-9-18(14-17)31(23,28)29)26-16-20(27-12-5-6-13-27)19-10-3-4-11-21(19)30-2/h3-4,7-11,14,20H,5-6,12-13,15-16H2,1-2H3,(H2,23,28,29)(H2,24,25,26). The quantitative estimate of drug-likeness (QED) is 0.423. The molecule has 1 unspecified atom stereocenters. The topological polar surface area (TPSA) is 109 Å². The van der Waals surface area contributed by atoms with Gasteiger partial charge in [0.2, 0.25) is 10.0 Å². The predicted octanol–water partition coefficient (Wildman–Crippen LogP) is 1.84. The van der Waals surface area contributed by atoms with Crippen molar-refractivity contribution >= 4 is 16.0 Å². The van der Waals surface area contributed by atoms with Gasteiger partial charge in [0, 0.05) is 25.7 Å². The summed E-state index contributed by atoms with van der Waals surface area (Å²) in [4.78, 5) is 6.87. The summed E-state index contributed by atoms with van der Waals surface area (Å²) >= 11 is 0. The van der Waals surface area contributed by atoms with Crippen molar-refractivity contribution in [1.82, 2.24) is 15.5 Å². The van der Waals surface area contributed by atoms with E-state index in [-0.39, 0.29) is 10.9 Å². The third-order valence-corrected chi connectivity index (χ3v) is 6.36. The molecule has 2 aromatic carbocycles. The zero-order valence-electron chi connectivity index (χ0n) is 18.0. The fraction of sp³-hybridized carbons (Fsp3) is 0.409. The minimum atomic E-state index is -3.73. The second kappa shape index (κ2) is 10.6. The van der Waals surface area contributed by atoms with E-state index in [1.54, 1.807) is 26.3 Å². The lowest BCUT2D eigenvalue weighted by molar-refractivity contribution is 0.239. The van der Waals surface area contributed by atoms with Crippen molar-refractivity contribution in [3.8, 4) is 5.75 Å². The molecule has 8 nitrogen and oxygen atoms in total. The van der Waals surface area contributed by atoms with Gasteiger partial charge in [-0.3, -0.25) is 9.89 Å². The number of nitrogens with two attached hydrogens (primary N) is 1. The highest BCUT2D eigenvalue weighted by molar-refractivity contribution is 7.89. The van der Waals surface area contributed by atoms with Crippen molar-refractivity contribution in [2.75, 3.05) is 33.8 Å². The molecule has 1 atom stereocenters. The highest BCUT2D eigenvalue weighted by Gasteiger charge is 2.26. The fourth-order valence-electron chi connectivity index (χ4n) is 3.86. The van der Waals surface area contributed by atoms with E-state index in [0.717, 1.165) is 30.0 Å². The summed E-state index contributed by atoms with van der Waals surface area (Å²) in [6.45, 7) is 3.19. The maximum atomic E-state index is 11.6. The van der Waals surface area contributed by atoms with Gasteiger partial charge in [-0.2, -0.15) is 0 Å². The largest absolute Gasteiger partial charge is 0.496 e. The van der Waals surface area contributed by atoms with Crippen LogP contribution in [0.4, 0.5) is 0 Å². The summed E-state index contributed by atoms with van der Waals surface area (Å²) < 4.78 is 28.8. The third kappa shape index (κ3) is 6.19. The Bertz CT molecular complexity index is 1000. The van der Waals surface area contributed by atoms with Gasteiger partial charge in [0.1, 0.15) is 5.75 Å². The molecule has 0 spiro atoms. The Morgan fingerprint density at radius 3 is 2.58 bits per heavy atom. The van der Waals surface area contributed by atoms with Crippen molar-refractivity contribution in [1.29, 1.82) is 0 Å². The Balaban J connectivity index is 1.67. The summed E-state index contributed by atoms with van der Waals surface area (Å²) in [7, 11) is -0.318. The molecule has 1 heterocycles. The molecule has 9 heteroatoms. The van der Waals surface area contributed by atoms with E-state index in [1.807, 2.05) is 24.3 Å². The average Bonchev–Trinajstić information content (AvgIpc) is 3.30. The molecule has 0 amide bonds. The Morgan fingerprint density at radius 2 is 1.90 bits per heavy atom. The molecule has 0 aromatic heterocycles. The van der Waals surface area contributed by atoms with Crippen LogP contribution in [-0.2, 0) is 16.6 Å². The summed E-state index contributed by atoms with van der Waals surface area (Å²) in [5, 5.41) is 11.9. The molecule has 2 aromatic rings. The van der Waals surface area contributed by atoms with Gasteiger partial charge in [0.05, 0.1) is 18.0 Å². The number of benzene rings is 2. The molecule has 1 saturated heterocycles. The van der Waals surface area contributed by atoms with Crippen LogP contribution in [-0.4, -0.2) is 53.1 Å². The van der Waals surface area contributed by atoms with E-state index in [1.165, 1.54) is 18.9 Å². The first-order valence-electron chi connectivity index (χ1n) is 10.4. The van der Waals surface area contributed by atoms with Crippen LogP contribution in [0.25, 0.3) is 0 Å². The Kier molecular flexibility index (Phi) is 7.89. The average molecular weight is 446 g/mol. The summed E-state index contributed by atoms with van der Waals surface area (Å²) in [6.07, 6.45) is 2.39. The number of likely N-dealkylation sites (tertiary alicyclic amines) is 1. The van der Waals surface area contributed by atoms with E-state index in [9.17, 15) is 8.42 Å². The number of hydrogen-bond acceptors (Lipinski definition) is 5. The molecule has 1 aliphatic heterocycles. The van der Waals surface area contributed by atoms with Crippen molar-refractivity contribution in [3.05, 3.63) is 59.7 Å². The number of aliphatic imine (C=N–C) groups is 1. The molecule has 31 heavy (non-hydrogen) atoms. The molecule has 168 valence electrons. The minimum absolute atomic E-state index is 0.0972.